The average Bonchev–Trinajstić information content (AvgIpc) is 2.46. The number of nitrogens with two attached hydrogens (primary N) is 1. The minimum Gasteiger partial charge on any atom is -0.324 e. The first-order valence-electron chi connectivity index (χ1n) is 6.37. The van der Waals surface area contributed by atoms with Gasteiger partial charge in [0.1, 0.15) is 5.82 Å². The van der Waals surface area contributed by atoms with Gasteiger partial charge >= 0.3 is 0 Å². The molecule has 0 bridgehead atoms. The maximum Gasteiger partial charge on any atom is 0.142 e. The van der Waals surface area contributed by atoms with Crippen LogP contribution in [0.1, 0.15) is 37.6 Å². The Morgan fingerprint density at radius 2 is 1.89 bits per heavy atom. The normalized spacial score (nSPS) is 12.4. The molecule has 1 aromatic carbocycles. The molecule has 0 aliphatic carbocycles. The van der Waals surface area contributed by atoms with Gasteiger partial charge < -0.3 is 5.73 Å². The highest BCUT2D eigenvalue weighted by Crippen LogP contribution is 2.22. The third kappa shape index (κ3) is 2.74. The van der Waals surface area contributed by atoms with Gasteiger partial charge in [-0.1, -0.05) is 38.1 Å². The molecule has 0 radical (unpaired) electrons. The molecule has 1 atom stereocenters. The lowest BCUT2D eigenvalue weighted by atomic mass is 9.97. The van der Waals surface area contributed by atoms with Crippen LogP contribution in [0.15, 0.2) is 36.5 Å². The molecule has 94 valence electrons. The lowest BCUT2D eigenvalue weighted by molar-refractivity contribution is 0.734. The smallest absolute Gasteiger partial charge is 0.142 e. The van der Waals surface area contributed by atoms with Crippen molar-refractivity contribution in [1.29, 1.82) is 0 Å². The summed E-state index contributed by atoms with van der Waals surface area (Å²) in [6.45, 7) is 4.82. The summed E-state index contributed by atoms with van der Waals surface area (Å²) >= 11 is 0. The van der Waals surface area contributed by atoms with E-state index >= 15 is 0 Å². The number of benzene rings is 1. The van der Waals surface area contributed by atoms with Crippen LogP contribution in [0.2, 0.25) is 0 Å². The van der Waals surface area contributed by atoms with Crippen molar-refractivity contribution in [3.05, 3.63) is 47.9 Å². The van der Waals surface area contributed by atoms with Gasteiger partial charge in [0.15, 0.2) is 0 Å². The zero-order valence-corrected chi connectivity index (χ0v) is 10.9. The van der Waals surface area contributed by atoms with Crippen LogP contribution < -0.4 is 5.73 Å². The number of hydrogen-bond acceptors (Lipinski definition) is 3. The van der Waals surface area contributed by atoms with Crippen LogP contribution in [0, 0.1) is 0 Å². The van der Waals surface area contributed by atoms with Crippen molar-refractivity contribution in [2.24, 2.45) is 5.73 Å². The molecular formula is C15H19N3. The topological polar surface area (TPSA) is 51.8 Å². The number of aromatic nitrogens is 2. The molecule has 3 nitrogen and oxygen atoms in total. The summed E-state index contributed by atoms with van der Waals surface area (Å²) in [7, 11) is 0. The third-order valence-corrected chi connectivity index (χ3v) is 3.28. The monoisotopic (exact) mass is 241 g/mol. The molecule has 0 aliphatic rings. The van der Waals surface area contributed by atoms with Crippen LogP contribution in [0.25, 0.3) is 11.3 Å². The number of hydrogen-bond donors (Lipinski definition) is 1. The maximum atomic E-state index is 5.55. The van der Waals surface area contributed by atoms with Gasteiger partial charge in [-0.05, 0) is 24.0 Å². The largest absolute Gasteiger partial charge is 0.324 e. The fraction of sp³-hybridized carbons (Fsp3) is 0.333. The summed E-state index contributed by atoms with van der Waals surface area (Å²) < 4.78 is 0. The Morgan fingerprint density at radius 3 is 2.50 bits per heavy atom. The number of rotatable bonds is 4. The summed E-state index contributed by atoms with van der Waals surface area (Å²) in [6.07, 6.45) is 2.91. The zero-order chi connectivity index (χ0) is 13.0. The molecule has 0 saturated carbocycles. The Morgan fingerprint density at radius 1 is 1.17 bits per heavy atom. The molecule has 0 aliphatic heterocycles. The molecule has 1 heterocycles. The van der Waals surface area contributed by atoms with E-state index in [1.54, 1.807) is 6.20 Å². The summed E-state index contributed by atoms with van der Waals surface area (Å²) in [5.41, 5.74) is 8.97. The number of nitrogens with zero attached hydrogens (tertiary/aromatic N) is 2. The fourth-order valence-electron chi connectivity index (χ4n) is 1.88. The first-order valence-corrected chi connectivity index (χ1v) is 6.37. The molecule has 0 spiro atoms. The summed E-state index contributed by atoms with van der Waals surface area (Å²) in [6, 6.07) is 10.5. The predicted molar refractivity (Wildman–Crippen MR) is 74.1 cm³/mol. The fourth-order valence-corrected chi connectivity index (χ4v) is 1.88. The van der Waals surface area contributed by atoms with Crippen molar-refractivity contribution in [3.63, 3.8) is 0 Å². The van der Waals surface area contributed by atoms with E-state index in [4.69, 9.17) is 5.73 Å². The first kappa shape index (κ1) is 12.7. The van der Waals surface area contributed by atoms with Gasteiger partial charge in [0.25, 0.3) is 0 Å². The van der Waals surface area contributed by atoms with Gasteiger partial charge in [-0.3, -0.25) is 0 Å². The van der Waals surface area contributed by atoms with E-state index in [1.165, 1.54) is 5.56 Å². The zero-order valence-electron chi connectivity index (χ0n) is 10.9. The second-order valence-electron chi connectivity index (χ2n) is 4.49. The molecule has 3 heteroatoms. The van der Waals surface area contributed by atoms with Gasteiger partial charge in [-0.2, -0.15) is 0 Å². The van der Waals surface area contributed by atoms with Crippen molar-refractivity contribution >= 4 is 0 Å². The van der Waals surface area contributed by atoms with E-state index in [2.05, 4.69) is 48.1 Å². The van der Waals surface area contributed by atoms with Crippen LogP contribution in [-0.4, -0.2) is 9.97 Å². The highest BCUT2D eigenvalue weighted by Gasteiger charge is 2.04. The Kier molecular flexibility index (Phi) is 4.05. The van der Waals surface area contributed by atoms with Gasteiger partial charge in [-0.25, -0.2) is 9.97 Å². The third-order valence-electron chi connectivity index (χ3n) is 3.28. The van der Waals surface area contributed by atoms with E-state index in [0.717, 1.165) is 17.7 Å². The van der Waals surface area contributed by atoms with Crippen LogP contribution in [0.4, 0.5) is 0 Å². The molecular weight excluding hydrogens is 222 g/mol. The van der Waals surface area contributed by atoms with E-state index < -0.39 is 0 Å². The first-order chi connectivity index (χ1) is 8.74. The Bertz CT molecular complexity index is 505. The minimum absolute atomic E-state index is 0.374. The van der Waals surface area contributed by atoms with E-state index in [0.29, 0.717) is 18.3 Å². The van der Waals surface area contributed by atoms with Crippen LogP contribution in [-0.2, 0) is 6.54 Å². The molecule has 2 aromatic rings. The lowest BCUT2D eigenvalue weighted by Gasteiger charge is -2.09. The predicted octanol–water partition coefficient (Wildman–Crippen LogP) is 3.12. The molecule has 0 saturated heterocycles. The SMILES string of the molecule is CCC(C)c1ccc(-c2ccnc(CN)n2)cc1. The van der Waals surface area contributed by atoms with Gasteiger partial charge in [0.2, 0.25) is 0 Å². The highest BCUT2D eigenvalue weighted by molar-refractivity contribution is 5.59. The van der Waals surface area contributed by atoms with Gasteiger partial charge in [0, 0.05) is 11.8 Å². The second-order valence-corrected chi connectivity index (χ2v) is 4.49. The molecule has 1 aromatic heterocycles. The van der Waals surface area contributed by atoms with Crippen molar-refractivity contribution < 1.29 is 0 Å². The Hall–Kier alpha value is -1.74. The lowest BCUT2D eigenvalue weighted by Crippen LogP contribution is -2.03. The van der Waals surface area contributed by atoms with Crippen molar-refractivity contribution in [2.45, 2.75) is 32.7 Å². The second kappa shape index (κ2) is 5.74. The Balaban J connectivity index is 2.28. The summed E-state index contributed by atoms with van der Waals surface area (Å²) in [5, 5.41) is 0. The average molecular weight is 241 g/mol. The summed E-state index contributed by atoms with van der Waals surface area (Å²) in [5.74, 6) is 1.28. The van der Waals surface area contributed by atoms with E-state index in [1.807, 2.05) is 6.07 Å². The molecule has 2 rings (SSSR count). The van der Waals surface area contributed by atoms with Crippen molar-refractivity contribution in [3.8, 4) is 11.3 Å². The minimum atomic E-state index is 0.374. The Labute approximate surface area is 108 Å². The molecule has 0 amide bonds. The van der Waals surface area contributed by atoms with Crippen molar-refractivity contribution in [2.75, 3.05) is 0 Å². The van der Waals surface area contributed by atoms with Crippen molar-refractivity contribution in [1.82, 2.24) is 9.97 Å². The quantitative estimate of drug-likeness (QED) is 0.894. The van der Waals surface area contributed by atoms with Crippen LogP contribution in [0.3, 0.4) is 0 Å². The molecule has 0 fully saturated rings. The molecule has 18 heavy (non-hydrogen) atoms. The maximum absolute atomic E-state index is 5.55. The molecule has 1 unspecified atom stereocenters. The van der Waals surface area contributed by atoms with E-state index in [-0.39, 0.29) is 0 Å². The van der Waals surface area contributed by atoms with Gasteiger partial charge in [0.05, 0.1) is 12.2 Å². The van der Waals surface area contributed by atoms with Gasteiger partial charge in [-0.15, -0.1) is 0 Å². The highest BCUT2D eigenvalue weighted by atomic mass is 14.9. The molecule has 2 N–H and O–H groups in total. The van der Waals surface area contributed by atoms with E-state index in [9.17, 15) is 0 Å². The standard InChI is InChI=1S/C15H19N3/c1-3-11(2)12-4-6-13(7-5-12)14-8-9-17-15(10-16)18-14/h4-9,11H,3,10,16H2,1-2H3. The van der Waals surface area contributed by atoms with Crippen LogP contribution in [0.5, 0.6) is 0 Å². The summed E-state index contributed by atoms with van der Waals surface area (Å²) in [4.78, 5) is 8.53. The van der Waals surface area contributed by atoms with Crippen LogP contribution >= 0.6 is 0 Å².